The van der Waals surface area contributed by atoms with Crippen molar-refractivity contribution in [2.24, 2.45) is 5.73 Å². The molecule has 0 spiro atoms. The maximum Gasteiger partial charge on any atom is 0.290 e. The van der Waals surface area contributed by atoms with E-state index in [4.69, 9.17) is 27.2 Å². The van der Waals surface area contributed by atoms with Gasteiger partial charge in [0.1, 0.15) is 11.0 Å². The molecule has 3 rings (SSSR count). The molecule has 3 N–H and O–H groups in total. The van der Waals surface area contributed by atoms with Crippen molar-refractivity contribution in [3.8, 4) is 0 Å². The summed E-state index contributed by atoms with van der Waals surface area (Å²) in [6, 6.07) is 7.94. The fourth-order valence-electron chi connectivity index (χ4n) is 2.39. The number of hydrogen-bond acceptors (Lipinski definition) is 5. The Bertz CT molecular complexity index is 1040. The maximum atomic E-state index is 13.4. The van der Waals surface area contributed by atoms with Gasteiger partial charge in [0.25, 0.3) is 16.5 Å². The van der Waals surface area contributed by atoms with Crippen LogP contribution in [0.2, 0.25) is 5.15 Å². The standard InChI is InChI=1S/C15H13ClFN3O2S.CH2O2/c16-14-5-4-13-15(19-14)10(6-7-18)9-20(13)23(21,22)12-3-1-2-11(17)8-12;2-1-3/h1-5,8-9H,6-7,18H2;1H,(H,2,3). The summed E-state index contributed by atoms with van der Waals surface area (Å²) in [5, 5.41) is 7.15. The van der Waals surface area contributed by atoms with Crippen LogP contribution in [0.1, 0.15) is 5.56 Å². The van der Waals surface area contributed by atoms with Crippen molar-refractivity contribution >= 4 is 39.1 Å². The van der Waals surface area contributed by atoms with Crippen molar-refractivity contribution in [3.05, 3.63) is 59.1 Å². The van der Waals surface area contributed by atoms with Crippen LogP contribution < -0.4 is 5.73 Å². The second-order valence-electron chi connectivity index (χ2n) is 5.06. The molecule has 3 aromatic rings. The van der Waals surface area contributed by atoms with E-state index in [1.807, 2.05) is 0 Å². The van der Waals surface area contributed by atoms with Crippen molar-refractivity contribution in [2.45, 2.75) is 11.3 Å². The van der Waals surface area contributed by atoms with E-state index < -0.39 is 15.8 Å². The number of nitrogens with zero attached hydrogens (tertiary/aromatic N) is 2. The van der Waals surface area contributed by atoms with E-state index in [-0.39, 0.29) is 16.5 Å². The summed E-state index contributed by atoms with van der Waals surface area (Å²) >= 11 is 5.90. The number of halogens is 2. The van der Waals surface area contributed by atoms with Crippen LogP contribution in [0, 0.1) is 5.82 Å². The number of carboxylic acid groups (broad SMARTS) is 1. The van der Waals surface area contributed by atoms with Gasteiger partial charge in [-0.2, -0.15) is 0 Å². The molecular formula is C16H15ClFN3O4S. The molecule has 138 valence electrons. The number of carbonyl (C=O) groups is 1. The number of benzene rings is 1. The highest BCUT2D eigenvalue weighted by Gasteiger charge is 2.22. The molecule has 10 heteroatoms. The van der Waals surface area contributed by atoms with Crippen LogP contribution in [-0.4, -0.2) is 35.5 Å². The molecule has 0 saturated carbocycles. The zero-order chi connectivity index (χ0) is 19.3. The molecule has 0 unspecified atom stereocenters. The van der Waals surface area contributed by atoms with Crippen molar-refractivity contribution < 1.29 is 22.7 Å². The van der Waals surface area contributed by atoms with Crippen LogP contribution in [0.3, 0.4) is 0 Å². The van der Waals surface area contributed by atoms with Crippen molar-refractivity contribution in [2.75, 3.05) is 6.54 Å². The number of rotatable bonds is 4. The van der Waals surface area contributed by atoms with Gasteiger partial charge in [-0.25, -0.2) is 21.8 Å². The first-order valence-electron chi connectivity index (χ1n) is 7.30. The van der Waals surface area contributed by atoms with E-state index in [1.165, 1.54) is 30.5 Å². The maximum absolute atomic E-state index is 13.4. The van der Waals surface area contributed by atoms with Crippen LogP contribution in [0.25, 0.3) is 11.0 Å². The lowest BCUT2D eigenvalue weighted by molar-refractivity contribution is -0.122. The first-order valence-corrected chi connectivity index (χ1v) is 9.12. The third-order valence-electron chi connectivity index (χ3n) is 3.42. The van der Waals surface area contributed by atoms with E-state index in [2.05, 4.69) is 4.98 Å². The summed E-state index contributed by atoms with van der Waals surface area (Å²) in [7, 11) is -3.95. The van der Waals surface area contributed by atoms with Crippen LogP contribution in [-0.2, 0) is 21.2 Å². The van der Waals surface area contributed by atoms with Gasteiger partial charge in [-0.3, -0.25) is 4.79 Å². The molecule has 0 radical (unpaired) electrons. The average molecular weight is 400 g/mol. The van der Waals surface area contributed by atoms with Crippen molar-refractivity contribution in [3.63, 3.8) is 0 Å². The van der Waals surface area contributed by atoms with Gasteiger partial charge < -0.3 is 10.8 Å². The summed E-state index contributed by atoms with van der Waals surface area (Å²) in [4.78, 5) is 12.4. The minimum Gasteiger partial charge on any atom is -0.483 e. The number of pyridine rings is 1. The second kappa shape index (κ2) is 8.26. The molecular weight excluding hydrogens is 385 g/mol. The Labute approximate surface area is 153 Å². The Balaban J connectivity index is 0.000000758. The predicted octanol–water partition coefficient (Wildman–Crippen LogP) is 2.27. The van der Waals surface area contributed by atoms with E-state index in [0.29, 0.717) is 29.6 Å². The molecule has 0 aliphatic carbocycles. The Morgan fingerprint density at radius 3 is 2.62 bits per heavy atom. The first-order chi connectivity index (χ1) is 12.3. The van der Waals surface area contributed by atoms with Gasteiger partial charge in [-0.05, 0) is 48.9 Å². The minimum atomic E-state index is -3.95. The largest absolute Gasteiger partial charge is 0.483 e. The zero-order valence-corrected chi connectivity index (χ0v) is 14.9. The summed E-state index contributed by atoms with van der Waals surface area (Å²) in [6.45, 7) is 0.0906. The van der Waals surface area contributed by atoms with Gasteiger partial charge in [0.2, 0.25) is 0 Å². The van der Waals surface area contributed by atoms with Gasteiger partial charge >= 0.3 is 0 Å². The lowest BCUT2D eigenvalue weighted by Crippen LogP contribution is -2.12. The molecule has 0 bridgehead atoms. The van der Waals surface area contributed by atoms with Gasteiger partial charge in [0.05, 0.1) is 15.9 Å². The predicted molar refractivity (Wildman–Crippen MR) is 95.2 cm³/mol. The molecule has 1 aromatic carbocycles. The van der Waals surface area contributed by atoms with E-state index in [0.717, 1.165) is 10.0 Å². The number of aromatic nitrogens is 2. The highest BCUT2D eigenvalue weighted by atomic mass is 35.5. The van der Waals surface area contributed by atoms with Gasteiger partial charge in [0.15, 0.2) is 0 Å². The quantitative estimate of drug-likeness (QED) is 0.513. The van der Waals surface area contributed by atoms with E-state index in [1.54, 1.807) is 6.07 Å². The SMILES string of the molecule is NCCc1cn(S(=O)(=O)c2cccc(F)c2)c2ccc(Cl)nc12.O=CO. The number of fused-ring (bicyclic) bond motifs is 1. The van der Waals surface area contributed by atoms with E-state index >= 15 is 0 Å². The zero-order valence-electron chi connectivity index (χ0n) is 13.3. The molecule has 0 aliphatic heterocycles. The normalized spacial score (nSPS) is 11.0. The van der Waals surface area contributed by atoms with Gasteiger partial charge in [0, 0.05) is 6.20 Å². The van der Waals surface area contributed by atoms with Crippen molar-refractivity contribution in [1.82, 2.24) is 8.96 Å². The molecule has 0 aliphatic rings. The highest BCUT2D eigenvalue weighted by Crippen LogP contribution is 2.26. The van der Waals surface area contributed by atoms with Crippen LogP contribution in [0.15, 0.2) is 47.5 Å². The molecule has 0 amide bonds. The summed E-state index contributed by atoms with van der Waals surface area (Å²) < 4.78 is 40.1. The fraction of sp³-hybridized carbons (Fsp3) is 0.125. The Morgan fingerprint density at radius 1 is 1.31 bits per heavy atom. The van der Waals surface area contributed by atoms with E-state index in [9.17, 15) is 12.8 Å². The molecule has 2 heterocycles. The molecule has 0 atom stereocenters. The van der Waals surface area contributed by atoms with Gasteiger partial charge in [-0.1, -0.05) is 17.7 Å². The fourth-order valence-corrected chi connectivity index (χ4v) is 3.95. The lowest BCUT2D eigenvalue weighted by Gasteiger charge is -2.07. The van der Waals surface area contributed by atoms with Gasteiger partial charge in [-0.15, -0.1) is 0 Å². The topological polar surface area (TPSA) is 115 Å². The second-order valence-corrected chi connectivity index (χ2v) is 7.26. The minimum absolute atomic E-state index is 0.136. The third-order valence-corrected chi connectivity index (χ3v) is 5.30. The molecule has 0 saturated heterocycles. The molecule has 0 fully saturated rings. The Hall–Kier alpha value is -2.49. The monoisotopic (exact) mass is 399 g/mol. The summed E-state index contributed by atoms with van der Waals surface area (Å²) in [5.74, 6) is -0.620. The molecule has 26 heavy (non-hydrogen) atoms. The summed E-state index contributed by atoms with van der Waals surface area (Å²) in [5.41, 5.74) is 7.09. The third kappa shape index (κ3) is 4.01. The van der Waals surface area contributed by atoms with Crippen LogP contribution in [0.4, 0.5) is 4.39 Å². The summed E-state index contributed by atoms with van der Waals surface area (Å²) in [6.07, 6.45) is 1.91. The van der Waals surface area contributed by atoms with Crippen LogP contribution >= 0.6 is 11.6 Å². The Morgan fingerprint density at radius 2 is 2.00 bits per heavy atom. The number of hydrogen-bond donors (Lipinski definition) is 2. The average Bonchev–Trinajstić information content (AvgIpc) is 2.95. The van der Waals surface area contributed by atoms with Crippen molar-refractivity contribution in [1.29, 1.82) is 0 Å². The smallest absolute Gasteiger partial charge is 0.290 e. The van der Waals surface area contributed by atoms with Crippen LogP contribution in [0.5, 0.6) is 0 Å². The highest BCUT2D eigenvalue weighted by molar-refractivity contribution is 7.90. The molecule has 2 aromatic heterocycles. The molecule has 7 nitrogen and oxygen atoms in total. The Kier molecular flexibility index (Phi) is 6.30. The lowest BCUT2D eigenvalue weighted by atomic mass is 10.2. The number of nitrogens with two attached hydrogens (primary N) is 1. The first kappa shape index (κ1) is 19.8.